The van der Waals surface area contributed by atoms with Crippen LogP contribution in [0.3, 0.4) is 0 Å². The Morgan fingerprint density at radius 1 is 1.24 bits per heavy atom. The van der Waals surface area contributed by atoms with Gasteiger partial charge in [-0.25, -0.2) is 0 Å². The molecular weight excluding hydrogens is 284 g/mol. The second kappa shape index (κ2) is 6.60. The van der Waals surface area contributed by atoms with Gasteiger partial charge in [-0.05, 0) is 39.5 Å². The predicted octanol–water partition coefficient (Wildman–Crippen LogP) is 3.17. The van der Waals surface area contributed by atoms with Gasteiger partial charge in [-0.1, -0.05) is 31.5 Å². The van der Waals surface area contributed by atoms with Gasteiger partial charge >= 0.3 is 0 Å². The molecule has 1 fully saturated rings. The number of furan rings is 1. The lowest BCUT2D eigenvalue weighted by Crippen LogP contribution is -2.49. The maximum atomic E-state index is 12.6. The summed E-state index contributed by atoms with van der Waals surface area (Å²) in [6, 6.07) is -0.221. The van der Waals surface area contributed by atoms with Crippen LogP contribution in [0.4, 0.5) is 0 Å². The normalized spacial score (nSPS) is 17.5. The highest BCUT2D eigenvalue weighted by Crippen LogP contribution is 2.27. The standard InChI is InChI=1S/C16H24N2O2S/c1-9-10(2)20-11(3)13(9)16(19)18-14(15(17)21)12-7-5-4-6-8-12/h12,14H,4-8H2,1-3H3,(H2,17,21)(H,18,19). The summed E-state index contributed by atoms with van der Waals surface area (Å²) in [5.41, 5.74) is 7.37. The Balaban J connectivity index is 2.16. The Bertz CT molecular complexity index is 545. The van der Waals surface area contributed by atoms with Crippen LogP contribution in [0.2, 0.25) is 0 Å². The van der Waals surface area contributed by atoms with Crippen LogP contribution in [-0.4, -0.2) is 16.9 Å². The first-order chi connectivity index (χ1) is 9.91. The van der Waals surface area contributed by atoms with Gasteiger partial charge in [0.05, 0.1) is 16.6 Å². The van der Waals surface area contributed by atoms with Crippen molar-refractivity contribution in [1.29, 1.82) is 0 Å². The number of carbonyl (C=O) groups is 1. The minimum Gasteiger partial charge on any atom is -0.466 e. The van der Waals surface area contributed by atoms with E-state index in [4.69, 9.17) is 22.4 Å². The highest BCUT2D eigenvalue weighted by Gasteiger charge is 2.29. The number of nitrogens with two attached hydrogens (primary N) is 1. The summed E-state index contributed by atoms with van der Waals surface area (Å²) in [5.74, 6) is 1.65. The largest absolute Gasteiger partial charge is 0.466 e. The molecule has 1 amide bonds. The first-order valence-corrected chi connectivity index (χ1v) is 7.99. The van der Waals surface area contributed by atoms with E-state index in [0.29, 0.717) is 22.2 Å². The van der Waals surface area contributed by atoms with Crippen molar-refractivity contribution in [2.45, 2.75) is 58.9 Å². The second-order valence-electron chi connectivity index (χ2n) is 5.97. The van der Waals surface area contributed by atoms with E-state index in [2.05, 4.69) is 5.32 Å². The van der Waals surface area contributed by atoms with Crippen LogP contribution >= 0.6 is 12.2 Å². The fourth-order valence-corrected chi connectivity index (χ4v) is 3.48. The quantitative estimate of drug-likeness (QED) is 0.838. The average Bonchev–Trinajstić information content (AvgIpc) is 2.70. The highest BCUT2D eigenvalue weighted by molar-refractivity contribution is 7.80. The Morgan fingerprint density at radius 2 is 1.86 bits per heavy atom. The topological polar surface area (TPSA) is 68.3 Å². The van der Waals surface area contributed by atoms with Crippen LogP contribution < -0.4 is 11.1 Å². The van der Waals surface area contributed by atoms with Crippen molar-refractivity contribution in [3.05, 3.63) is 22.6 Å². The van der Waals surface area contributed by atoms with Crippen molar-refractivity contribution in [2.24, 2.45) is 11.7 Å². The highest BCUT2D eigenvalue weighted by atomic mass is 32.1. The van der Waals surface area contributed by atoms with E-state index in [1.54, 1.807) is 0 Å². The molecule has 1 saturated carbocycles. The third-order valence-corrected chi connectivity index (χ3v) is 4.76. The summed E-state index contributed by atoms with van der Waals surface area (Å²) in [6.45, 7) is 5.58. The average molecular weight is 308 g/mol. The molecule has 0 aliphatic heterocycles. The lowest BCUT2D eigenvalue weighted by atomic mass is 9.83. The first-order valence-electron chi connectivity index (χ1n) is 7.58. The molecule has 5 heteroatoms. The molecule has 1 heterocycles. The molecule has 3 N–H and O–H groups in total. The van der Waals surface area contributed by atoms with Gasteiger partial charge in [0.1, 0.15) is 11.5 Å². The number of carbonyl (C=O) groups excluding carboxylic acids is 1. The lowest BCUT2D eigenvalue weighted by molar-refractivity contribution is 0.0930. The first kappa shape index (κ1) is 16.0. The van der Waals surface area contributed by atoms with Crippen molar-refractivity contribution < 1.29 is 9.21 Å². The number of thiocarbonyl (C=S) groups is 1. The van der Waals surface area contributed by atoms with E-state index in [0.717, 1.165) is 24.2 Å². The number of hydrogen-bond donors (Lipinski definition) is 2. The van der Waals surface area contributed by atoms with Crippen LogP contribution in [0, 0.1) is 26.7 Å². The third-order valence-electron chi connectivity index (χ3n) is 4.50. The molecule has 0 saturated heterocycles. The zero-order chi connectivity index (χ0) is 15.6. The molecule has 1 unspecified atom stereocenters. The zero-order valence-electron chi connectivity index (χ0n) is 13.0. The van der Waals surface area contributed by atoms with Crippen molar-refractivity contribution in [1.82, 2.24) is 5.32 Å². The molecule has 0 radical (unpaired) electrons. The molecule has 2 rings (SSSR count). The Morgan fingerprint density at radius 3 is 2.33 bits per heavy atom. The summed E-state index contributed by atoms with van der Waals surface area (Å²) in [4.78, 5) is 13.0. The molecular formula is C16H24N2O2S. The molecule has 4 nitrogen and oxygen atoms in total. The molecule has 1 atom stereocenters. The van der Waals surface area contributed by atoms with Crippen LogP contribution in [0.5, 0.6) is 0 Å². The Kier molecular flexibility index (Phi) is 5.04. The summed E-state index contributed by atoms with van der Waals surface area (Å²) < 4.78 is 5.53. The zero-order valence-corrected chi connectivity index (χ0v) is 13.8. The number of amides is 1. The van der Waals surface area contributed by atoms with Crippen molar-refractivity contribution >= 4 is 23.1 Å². The maximum absolute atomic E-state index is 12.6. The number of aryl methyl sites for hydroxylation is 2. The lowest BCUT2D eigenvalue weighted by Gasteiger charge is -2.30. The van der Waals surface area contributed by atoms with Crippen molar-refractivity contribution in [3.63, 3.8) is 0 Å². The Labute approximate surface area is 131 Å². The molecule has 116 valence electrons. The summed E-state index contributed by atoms with van der Waals surface area (Å²) >= 11 is 5.18. The minimum absolute atomic E-state index is 0.134. The van der Waals surface area contributed by atoms with E-state index in [1.807, 2.05) is 20.8 Å². The van der Waals surface area contributed by atoms with Gasteiger partial charge in [0, 0.05) is 5.56 Å². The monoisotopic (exact) mass is 308 g/mol. The Hall–Kier alpha value is -1.36. The SMILES string of the molecule is Cc1oc(C)c(C(=O)NC(C(N)=S)C2CCCCC2)c1C. The van der Waals surface area contributed by atoms with Crippen molar-refractivity contribution in [3.8, 4) is 0 Å². The molecule has 1 aromatic rings. The number of rotatable bonds is 4. The second-order valence-corrected chi connectivity index (χ2v) is 6.44. The predicted molar refractivity (Wildman–Crippen MR) is 87.5 cm³/mol. The smallest absolute Gasteiger partial charge is 0.255 e. The van der Waals surface area contributed by atoms with Gasteiger partial charge in [0.25, 0.3) is 5.91 Å². The number of hydrogen-bond acceptors (Lipinski definition) is 3. The van der Waals surface area contributed by atoms with Gasteiger partial charge in [0.2, 0.25) is 0 Å². The maximum Gasteiger partial charge on any atom is 0.255 e. The molecule has 1 aromatic heterocycles. The number of nitrogens with one attached hydrogen (secondary N) is 1. The summed E-state index contributed by atoms with van der Waals surface area (Å²) in [6.07, 6.45) is 5.77. The van der Waals surface area contributed by atoms with Gasteiger partial charge in [0.15, 0.2) is 0 Å². The summed E-state index contributed by atoms with van der Waals surface area (Å²) in [7, 11) is 0. The molecule has 0 bridgehead atoms. The van der Waals surface area contributed by atoms with E-state index >= 15 is 0 Å². The van der Waals surface area contributed by atoms with Gasteiger partial charge in [-0.2, -0.15) is 0 Å². The fourth-order valence-electron chi connectivity index (χ4n) is 3.23. The third kappa shape index (κ3) is 3.46. The van der Waals surface area contributed by atoms with Gasteiger partial charge < -0.3 is 15.5 Å². The minimum atomic E-state index is -0.221. The molecule has 0 spiro atoms. The van der Waals surface area contributed by atoms with E-state index < -0.39 is 0 Å². The van der Waals surface area contributed by atoms with Gasteiger partial charge in [-0.3, -0.25) is 4.79 Å². The van der Waals surface area contributed by atoms with Crippen LogP contribution in [0.1, 0.15) is 59.5 Å². The molecule has 21 heavy (non-hydrogen) atoms. The van der Waals surface area contributed by atoms with Gasteiger partial charge in [-0.15, -0.1) is 0 Å². The van der Waals surface area contributed by atoms with E-state index in [-0.39, 0.29) is 11.9 Å². The molecule has 1 aliphatic carbocycles. The van der Waals surface area contributed by atoms with E-state index in [9.17, 15) is 4.79 Å². The van der Waals surface area contributed by atoms with Crippen LogP contribution in [-0.2, 0) is 0 Å². The molecule has 1 aliphatic rings. The van der Waals surface area contributed by atoms with Crippen LogP contribution in [0.25, 0.3) is 0 Å². The molecule has 0 aromatic carbocycles. The summed E-state index contributed by atoms with van der Waals surface area (Å²) in [5, 5.41) is 3.03. The van der Waals surface area contributed by atoms with Crippen molar-refractivity contribution in [2.75, 3.05) is 0 Å². The fraction of sp³-hybridized carbons (Fsp3) is 0.625. The van der Waals surface area contributed by atoms with Crippen LogP contribution in [0.15, 0.2) is 4.42 Å². The van der Waals surface area contributed by atoms with E-state index in [1.165, 1.54) is 19.3 Å².